The van der Waals surface area contributed by atoms with Gasteiger partial charge in [0.15, 0.2) is 6.39 Å². The molecule has 106 valence electrons. The number of aryl methyl sites for hydroxylation is 1. The van der Waals surface area contributed by atoms with Crippen molar-refractivity contribution >= 4 is 5.91 Å². The highest BCUT2D eigenvalue weighted by molar-refractivity contribution is 5.95. The van der Waals surface area contributed by atoms with Gasteiger partial charge in [0.05, 0.1) is 26.5 Å². The third-order valence-corrected chi connectivity index (χ3v) is 2.87. The van der Waals surface area contributed by atoms with E-state index in [1.807, 2.05) is 6.92 Å². The second-order valence-electron chi connectivity index (χ2n) is 4.14. The van der Waals surface area contributed by atoms with E-state index in [1.54, 1.807) is 18.2 Å². The molecule has 6 nitrogen and oxygen atoms in total. The quantitative estimate of drug-likeness (QED) is 0.903. The lowest BCUT2D eigenvalue weighted by molar-refractivity contribution is 0.0947. The molecule has 0 saturated heterocycles. The van der Waals surface area contributed by atoms with Crippen molar-refractivity contribution in [1.82, 2.24) is 10.3 Å². The van der Waals surface area contributed by atoms with Crippen molar-refractivity contribution in [2.75, 3.05) is 14.2 Å². The first kappa shape index (κ1) is 13.9. The summed E-state index contributed by atoms with van der Waals surface area (Å²) in [5, 5.41) is 2.76. The Bertz CT molecular complexity index is 585. The third kappa shape index (κ3) is 3.09. The van der Waals surface area contributed by atoms with Crippen LogP contribution >= 0.6 is 0 Å². The number of carbonyl (C=O) groups excluding carboxylic acids is 1. The maximum absolute atomic E-state index is 12.1. The molecule has 1 aromatic heterocycles. The van der Waals surface area contributed by atoms with E-state index in [0.29, 0.717) is 22.8 Å². The SMILES string of the molecule is COc1cc(OC)cc(C(=O)NCc2ocnc2C)c1. The number of ether oxygens (including phenoxy) is 2. The number of carbonyl (C=O) groups is 1. The molecule has 0 atom stereocenters. The number of nitrogens with zero attached hydrogens (tertiary/aromatic N) is 1. The van der Waals surface area contributed by atoms with Crippen LogP contribution in [0.15, 0.2) is 29.0 Å². The molecule has 0 saturated carbocycles. The Labute approximate surface area is 116 Å². The molecule has 1 heterocycles. The highest BCUT2D eigenvalue weighted by Gasteiger charge is 2.11. The van der Waals surface area contributed by atoms with Crippen LogP contribution in [0.4, 0.5) is 0 Å². The van der Waals surface area contributed by atoms with E-state index in [2.05, 4.69) is 10.3 Å². The molecule has 0 unspecified atom stereocenters. The largest absolute Gasteiger partial charge is 0.497 e. The van der Waals surface area contributed by atoms with Gasteiger partial charge >= 0.3 is 0 Å². The molecule has 0 radical (unpaired) electrons. The van der Waals surface area contributed by atoms with Gasteiger partial charge in [-0.2, -0.15) is 0 Å². The minimum Gasteiger partial charge on any atom is -0.497 e. The Morgan fingerprint density at radius 3 is 2.40 bits per heavy atom. The van der Waals surface area contributed by atoms with Crippen molar-refractivity contribution in [3.05, 3.63) is 41.6 Å². The summed E-state index contributed by atoms with van der Waals surface area (Å²) in [6.07, 6.45) is 1.35. The van der Waals surface area contributed by atoms with E-state index in [1.165, 1.54) is 20.6 Å². The molecule has 1 N–H and O–H groups in total. The van der Waals surface area contributed by atoms with Gasteiger partial charge in [0.2, 0.25) is 0 Å². The molecule has 2 rings (SSSR count). The summed E-state index contributed by atoms with van der Waals surface area (Å²) in [6.45, 7) is 2.10. The molecule has 0 spiro atoms. The maximum atomic E-state index is 12.1. The summed E-state index contributed by atoms with van der Waals surface area (Å²) in [5.74, 6) is 1.52. The normalized spacial score (nSPS) is 10.2. The fourth-order valence-corrected chi connectivity index (χ4v) is 1.70. The minimum atomic E-state index is -0.238. The first-order valence-corrected chi connectivity index (χ1v) is 6.04. The average Bonchev–Trinajstić information content (AvgIpc) is 2.89. The van der Waals surface area contributed by atoms with Crippen LogP contribution in [-0.2, 0) is 6.54 Å². The second-order valence-corrected chi connectivity index (χ2v) is 4.14. The zero-order valence-electron chi connectivity index (χ0n) is 11.6. The second kappa shape index (κ2) is 6.10. The molecule has 0 aliphatic rings. The summed E-state index contributed by atoms with van der Waals surface area (Å²) < 4.78 is 15.4. The molecule has 0 aliphatic heterocycles. The number of hydrogen-bond donors (Lipinski definition) is 1. The fourth-order valence-electron chi connectivity index (χ4n) is 1.70. The maximum Gasteiger partial charge on any atom is 0.251 e. The van der Waals surface area contributed by atoms with E-state index < -0.39 is 0 Å². The van der Waals surface area contributed by atoms with Crippen LogP contribution in [0, 0.1) is 6.92 Å². The first-order valence-electron chi connectivity index (χ1n) is 6.04. The predicted octanol–water partition coefficient (Wildman–Crippen LogP) is 1.93. The average molecular weight is 276 g/mol. The molecular formula is C14H16N2O4. The van der Waals surface area contributed by atoms with Crippen molar-refractivity contribution in [3.8, 4) is 11.5 Å². The fraction of sp³-hybridized carbons (Fsp3) is 0.286. The first-order chi connectivity index (χ1) is 9.63. The molecule has 0 bridgehead atoms. The van der Waals surface area contributed by atoms with Gasteiger partial charge in [0.1, 0.15) is 17.3 Å². The molecule has 20 heavy (non-hydrogen) atoms. The number of benzene rings is 1. The third-order valence-electron chi connectivity index (χ3n) is 2.87. The zero-order valence-corrected chi connectivity index (χ0v) is 11.6. The topological polar surface area (TPSA) is 73.6 Å². The molecule has 2 aromatic rings. The molecule has 0 aliphatic carbocycles. The van der Waals surface area contributed by atoms with E-state index in [-0.39, 0.29) is 12.5 Å². The molecule has 6 heteroatoms. The van der Waals surface area contributed by atoms with Crippen LogP contribution in [0.5, 0.6) is 11.5 Å². The number of rotatable bonds is 5. The Morgan fingerprint density at radius 2 is 1.90 bits per heavy atom. The minimum absolute atomic E-state index is 0.238. The molecule has 1 aromatic carbocycles. The van der Waals surface area contributed by atoms with Gasteiger partial charge in [-0.3, -0.25) is 4.79 Å². The molecule has 1 amide bonds. The highest BCUT2D eigenvalue weighted by atomic mass is 16.5. The number of methoxy groups -OCH3 is 2. The van der Waals surface area contributed by atoms with Gasteiger partial charge < -0.3 is 19.2 Å². The Kier molecular flexibility index (Phi) is 4.24. The van der Waals surface area contributed by atoms with E-state index in [4.69, 9.17) is 13.9 Å². The van der Waals surface area contributed by atoms with Gasteiger partial charge in [0, 0.05) is 11.6 Å². The van der Waals surface area contributed by atoms with Crippen LogP contribution in [-0.4, -0.2) is 25.1 Å². The summed E-state index contributed by atoms with van der Waals surface area (Å²) in [4.78, 5) is 16.1. The van der Waals surface area contributed by atoms with E-state index in [0.717, 1.165) is 5.69 Å². The Morgan fingerprint density at radius 1 is 1.25 bits per heavy atom. The Balaban J connectivity index is 2.10. The number of hydrogen-bond acceptors (Lipinski definition) is 5. The number of aromatic nitrogens is 1. The van der Waals surface area contributed by atoms with Crippen molar-refractivity contribution in [1.29, 1.82) is 0 Å². The van der Waals surface area contributed by atoms with Crippen LogP contribution < -0.4 is 14.8 Å². The van der Waals surface area contributed by atoms with Gasteiger partial charge in [-0.1, -0.05) is 0 Å². The standard InChI is InChI=1S/C14H16N2O4/c1-9-13(20-8-16-9)7-15-14(17)10-4-11(18-2)6-12(5-10)19-3/h4-6,8H,7H2,1-3H3,(H,15,17). The monoisotopic (exact) mass is 276 g/mol. The van der Waals surface area contributed by atoms with Crippen molar-refractivity contribution < 1.29 is 18.7 Å². The summed E-state index contributed by atoms with van der Waals surface area (Å²) in [5.41, 5.74) is 1.21. The highest BCUT2D eigenvalue weighted by Crippen LogP contribution is 2.22. The summed E-state index contributed by atoms with van der Waals surface area (Å²) in [7, 11) is 3.07. The van der Waals surface area contributed by atoms with Crippen LogP contribution in [0.1, 0.15) is 21.8 Å². The number of nitrogens with one attached hydrogen (secondary N) is 1. The van der Waals surface area contributed by atoms with Gasteiger partial charge in [0.25, 0.3) is 5.91 Å². The van der Waals surface area contributed by atoms with Crippen molar-refractivity contribution in [2.45, 2.75) is 13.5 Å². The molecule has 0 fully saturated rings. The van der Waals surface area contributed by atoms with E-state index in [9.17, 15) is 4.79 Å². The van der Waals surface area contributed by atoms with Crippen molar-refractivity contribution in [2.24, 2.45) is 0 Å². The van der Waals surface area contributed by atoms with Gasteiger partial charge in [-0.05, 0) is 19.1 Å². The van der Waals surface area contributed by atoms with Gasteiger partial charge in [-0.15, -0.1) is 0 Å². The smallest absolute Gasteiger partial charge is 0.251 e. The van der Waals surface area contributed by atoms with E-state index >= 15 is 0 Å². The van der Waals surface area contributed by atoms with Gasteiger partial charge in [-0.25, -0.2) is 4.98 Å². The molecular weight excluding hydrogens is 260 g/mol. The summed E-state index contributed by atoms with van der Waals surface area (Å²) in [6, 6.07) is 4.99. The lowest BCUT2D eigenvalue weighted by atomic mass is 10.2. The van der Waals surface area contributed by atoms with Crippen LogP contribution in [0.25, 0.3) is 0 Å². The van der Waals surface area contributed by atoms with Crippen molar-refractivity contribution in [3.63, 3.8) is 0 Å². The Hall–Kier alpha value is -2.50. The lowest BCUT2D eigenvalue weighted by Gasteiger charge is -2.08. The zero-order chi connectivity index (χ0) is 14.5. The van der Waals surface area contributed by atoms with Crippen LogP contribution in [0.3, 0.4) is 0 Å². The number of amides is 1. The lowest BCUT2D eigenvalue weighted by Crippen LogP contribution is -2.23. The number of oxazole rings is 1. The predicted molar refractivity (Wildman–Crippen MR) is 72.0 cm³/mol. The van der Waals surface area contributed by atoms with Crippen LogP contribution in [0.2, 0.25) is 0 Å². The summed E-state index contributed by atoms with van der Waals surface area (Å²) >= 11 is 0.